The molecule has 0 bridgehead atoms. The molecule has 0 aliphatic carbocycles. The smallest absolute Gasteiger partial charge is 0.323 e. The van der Waals surface area contributed by atoms with Gasteiger partial charge in [0.25, 0.3) is 0 Å². The largest absolute Gasteiger partial charge is 0.480 e. The number of carbonyl (C=O) groups is 1. The molecule has 1 atom stereocenters. The van der Waals surface area contributed by atoms with E-state index in [1.165, 1.54) is 0 Å². The van der Waals surface area contributed by atoms with Crippen molar-refractivity contribution >= 4 is 5.97 Å². The Kier molecular flexibility index (Phi) is 4.95. The van der Waals surface area contributed by atoms with E-state index < -0.39 is 11.5 Å². The predicted molar refractivity (Wildman–Crippen MR) is 52.6 cm³/mol. The van der Waals surface area contributed by atoms with Crippen LogP contribution in [0.3, 0.4) is 0 Å². The van der Waals surface area contributed by atoms with Gasteiger partial charge in [-0.05, 0) is 39.9 Å². The average Bonchev–Trinajstić information content (AvgIpc) is 2.03. The van der Waals surface area contributed by atoms with Crippen LogP contribution in [0.1, 0.15) is 26.7 Å². The van der Waals surface area contributed by atoms with Gasteiger partial charge in [-0.3, -0.25) is 4.79 Å². The van der Waals surface area contributed by atoms with Gasteiger partial charge in [0.05, 0.1) is 0 Å². The van der Waals surface area contributed by atoms with Gasteiger partial charge >= 0.3 is 5.97 Å². The molecule has 0 spiro atoms. The zero-order valence-corrected chi connectivity index (χ0v) is 8.71. The van der Waals surface area contributed by atoms with Crippen molar-refractivity contribution in [2.75, 3.05) is 20.1 Å². The second-order valence-electron chi connectivity index (χ2n) is 3.72. The van der Waals surface area contributed by atoms with Crippen LogP contribution < -0.4 is 5.73 Å². The summed E-state index contributed by atoms with van der Waals surface area (Å²) in [4.78, 5) is 12.8. The van der Waals surface area contributed by atoms with Gasteiger partial charge in [-0.15, -0.1) is 0 Å². The van der Waals surface area contributed by atoms with E-state index in [9.17, 15) is 4.79 Å². The minimum Gasteiger partial charge on any atom is -0.480 e. The number of hydrogen-bond acceptors (Lipinski definition) is 3. The van der Waals surface area contributed by atoms with Gasteiger partial charge in [-0.1, -0.05) is 6.92 Å². The van der Waals surface area contributed by atoms with Crippen molar-refractivity contribution in [2.45, 2.75) is 32.2 Å². The lowest BCUT2D eigenvalue weighted by molar-refractivity contribution is -0.142. The van der Waals surface area contributed by atoms with Crippen molar-refractivity contribution in [3.63, 3.8) is 0 Å². The second kappa shape index (κ2) is 5.19. The molecule has 4 heteroatoms. The third kappa shape index (κ3) is 4.85. The summed E-state index contributed by atoms with van der Waals surface area (Å²) >= 11 is 0. The molecule has 13 heavy (non-hydrogen) atoms. The Morgan fingerprint density at radius 1 is 1.62 bits per heavy atom. The van der Waals surface area contributed by atoms with Gasteiger partial charge in [0, 0.05) is 0 Å². The van der Waals surface area contributed by atoms with Gasteiger partial charge in [0.1, 0.15) is 5.54 Å². The molecule has 0 fully saturated rings. The van der Waals surface area contributed by atoms with E-state index >= 15 is 0 Å². The number of carboxylic acid groups (broad SMARTS) is 1. The molecule has 0 saturated heterocycles. The molecular weight excluding hydrogens is 168 g/mol. The first-order valence-corrected chi connectivity index (χ1v) is 4.61. The highest BCUT2D eigenvalue weighted by molar-refractivity contribution is 5.77. The average molecular weight is 188 g/mol. The molecule has 4 nitrogen and oxygen atoms in total. The summed E-state index contributed by atoms with van der Waals surface area (Å²) in [7, 11) is 2.01. The van der Waals surface area contributed by atoms with Crippen LogP contribution in [0, 0.1) is 0 Å². The Bertz CT molecular complexity index is 169. The Morgan fingerprint density at radius 2 is 2.15 bits per heavy atom. The Labute approximate surface area is 79.7 Å². The Hall–Kier alpha value is -0.610. The number of rotatable bonds is 6. The lowest BCUT2D eigenvalue weighted by Crippen LogP contribution is -2.45. The minimum atomic E-state index is -1.07. The fourth-order valence-electron chi connectivity index (χ4n) is 0.981. The Balaban J connectivity index is 3.70. The van der Waals surface area contributed by atoms with Crippen molar-refractivity contribution in [3.8, 4) is 0 Å². The number of hydrogen-bond donors (Lipinski definition) is 2. The third-order valence-electron chi connectivity index (χ3n) is 2.26. The molecule has 78 valence electrons. The van der Waals surface area contributed by atoms with Crippen LogP contribution in [-0.4, -0.2) is 41.7 Å². The summed E-state index contributed by atoms with van der Waals surface area (Å²) in [6.07, 6.45) is 1.34. The first kappa shape index (κ1) is 12.4. The molecule has 0 aliphatic rings. The fraction of sp³-hybridized carbons (Fsp3) is 0.889. The van der Waals surface area contributed by atoms with Gasteiger partial charge in [-0.25, -0.2) is 0 Å². The van der Waals surface area contributed by atoms with Crippen LogP contribution in [0.2, 0.25) is 0 Å². The molecule has 0 aromatic rings. The molecule has 0 saturated carbocycles. The van der Waals surface area contributed by atoms with Crippen molar-refractivity contribution in [1.29, 1.82) is 0 Å². The number of aliphatic carboxylic acids is 1. The maximum Gasteiger partial charge on any atom is 0.323 e. The first-order valence-electron chi connectivity index (χ1n) is 4.61. The molecule has 0 aromatic heterocycles. The lowest BCUT2D eigenvalue weighted by Gasteiger charge is -2.20. The van der Waals surface area contributed by atoms with Crippen molar-refractivity contribution in [1.82, 2.24) is 4.90 Å². The summed E-state index contributed by atoms with van der Waals surface area (Å²) < 4.78 is 0. The normalized spacial score (nSPS) is 15.8. The number of nitrogens with two attached hydrogens (primary N) is 1. The lowest BCUT2D eigenvalue weighted by atomic mass is 9.97. The summed E-state index contributed by atoms with van der Waals surface area (Å²) in [5.74, 6) is -0.924. The standard InChI is InChI=1S/C9H20N2O2/c1-4-11(3)7-5-6-9(2,10)8(12)13/h4-7,10H2,1-3H3,(H,12,13). The summed E-state index contributed by atoms with van der Waals surface area (Å²) in [5.41, 5.74) is 4.49. The zero-order valence-electron chi connectivity index (χ0n) is 8.71. The minimum absolute atomic E-state index is 0.521. The SMILES string of the molecule is CCN(C)CCCC(C)(N)C(=O)O. The molecule has 1 unspecified atom stereocenters. The first-order chi connectivity index (χ1) is 5.90. The van der Waals surface area contributed by atoms with Crippen molar-refractivity contribution in [2.24, 2.45) is 5.73 Å². The van der Waals surface area contributed by atoms with Crippen LogP contribution in [0.25, 0.3) is 0 Å². The van der Waals surface area contributed by atoms with E-state index in [4.69, 9.17) is 10.8 Å². The van der Waals surface area contributed by atoms with Crippen LogP contribution in [-0.2, 0) is 4.79 Å². The molecule has 0 heterocycles. The van der Waals surface area contributed by atoms with E-state index in [0.29, 0.717) is 6.42 Å². The highest BCUT2D eigenvalue weighted by Gasteiger charge is 2.26. The fourth-order valence-corrected chi connectivity index (χ4v) is 0.981. The number of carboxylic acids is 1. The maximum absolute atomic E-state index is 10.6. The summed E-state index contributed by atoms with van der Waals surface area (Å²) in [6, 6.07) is 0. The van der Waals surface area contributed by atoms with Gasteiger partial charge in [0.2, 0.25) is 0 Å². The Morgan fingerprint density at radius 3 is 2.54 bits per heavy atom. The molecule has 0 rings (SSSR count). The topological polar surface area (TPSA) is 66.6 Å². The molecule has 0 amide bonds. The quantitative estimate of drug-likeness (QED) is 0.637. The van der Waals surface area contributed by atoms with Crippen molar-refractivity contribution < 1.29 is 9.90 Å². The van der Waals surface area contributed by atoms with E-state index in [0.717, 1.165) is 19.5 Å². The van der Waals surface area contributed by atoms with Gasteiger partial charge in [-0.2, -0.15) is 0 Å². The molecule has 0 aromatic carbocycles. The second-order valence-corrected chi connectivity index (χ2v) is 3.72. The zero-order chi connectivity index (χ0) is 10.5. The molecular formula is C9H20N2O2. The van der Waals surface area contributed by atoms with Gasteiger partial charge in [0.15, 0.2) is 0 Å². The summed E-state index contributed by atoms with van der Waals surface area (Å²) in [5, 5.41) is 8.73. The van der Waals surface area contributed by atoms with Crippen LogP contribution in [0.5, 0.6) is 0 Å². The highest BCUT2D eigenvalue weighted by Crippen LogP contribution is 2.08. The van der Waals surface area contributed by atoms with Gasteiger partial charge < -0.3 is 15.7 Å². The molecule has 0 aliphatic heterocycles. The van der Waals surface area contributed by atoms with Crippen LogP contribution >= 0.6 is 0 Å². The maximum atomic E-state index is 10.6. The van der Waals surface area contributed by atoms with E-state index in [-0.39, 0.29) is 0 Å². The molecule has 3 N–H and O–H groups in total. The van der Waals surface area contributed by atoms with E-state index in [1.807, 2.05) is 7.05 Å². The third-order valence-corrected chi connectivity index (χ3v) is 2.26. The van der Waals surface area contributed by atoms with Crippen LogP contribution in [0.15, 0.2) is 0 Å². The number of nitrogens with zero attached hydrogens (tertiary/aromatic N) is 1. The van der Waals surface area contributed by atoms with E-state index in [1.54, 1.807) is 6.92 Å². The van der Waals surface area contributed by atoms with Crippen molar-refractivity contribution in [3.05, 3.63) is 0 Å². The van der Waals surface area contributed by atoms with E-state index in [2.05, 4.69) is 11.8 Å². The molecule has 0 radical (unpaired) electrons. The summed E-state index contributed by atoms with van der Waals surface area (Å²) in [6.45, 7) is 5.51. The highest BCUT2D eigenvalue weighted by atomic mass is 16.4. The van der Waals surface area contributed by atoms with Crippen LogP contribution in [0.4, 0.5) is 0 Å². The predicted octanol–water partition coefficient (Wildman–Crippen LogP) is 0.520. The monoisotopic (exact) mass is 188 g/mol.